The second kappa shape index (κ2) is 8.78. The highest BCUT2D eigenvalue weighted by atomic mass is 16.5. The van der Waals surface area contributed by atoms with E-state index >= 15 is 0 Å². The van der Waals surface area contributed by atoms with E-state index in [0.717, 1.165) is 42.2 Å². The molecule has 0 atom stereocenters. The highest BCUT2D eigenvalue weighted by Crippen LogP contribution is 2.30. The fourth-order valence-corrected chi connectivity index (χ4v) is 4.25. The smallest absolute Gasteiger partial charge is 0.278 e. The van der Waals surface area contributed by atoms with E-state index in [1.165, 1.54) is 11.3 Å². The van der Waals surface area contributed by atoms with Crippen LogP contribution in [0, 0.1) is 6.92 Å². The number of rotatable bonds is 6. The number of carbonyl (C=O) groups is 1. The van der Waals surface area contributed by atoms with Gasteiger partial charge in [-0.05, 0) is 60.9 Å². The topological polar surface area (TPSA) is 72.3 Å². The van der Waals surface area contributed by atoms with E-state index in [1.54, 1.807) is 11.8 Å². The predicted molar refractivity (Wildman–Crippen MR) is 128 cm³/mol. The van der Waals surface area contributed by atoms with E-state index < -0.39 is 0 Å². The van der Waals surface area contributed by atoms with Gasteiger partial charge in [0.1, 0.15) is 5.75 Å². The molecule has 7 heteroatoms. The van der Waals surface area contributed by atoms with Crippen LogP contribution in [0.5, 0.6) is 5.75 Å². The molecule has 0 fully saturated rings. The Morgan fingerprint density at radius 2 is 1.79 bits per heavy atom. The Morgan fingerprint density at radius 3 is 2.61 bits per heavy atom. The molecular weight excluding hydrogens is 414 g/mol. The Bertz CT molecular complexity index is 1300. The number of hydrogen-bond acceptors (Lipinski definition) is 5. The van der Waals surface area contributed by atoms with Crippen molar-refractivity contribution < 1.29 is 9.53 Å². The van der Waals surface area contributed by atoms with Gasteiger partial charge in [-0.25, -0.2) is 4.68 Å². The first-order chi connectivity index (χ1) is 16.1. The van der Waals surface area contributed by atoms with Gasteiger partial charge >= 0.3 is 0 Å². The number of para-hydroxylation sites is 2. The van der Waals surface area contributed by atoms with Gasteiger partial charge in [0, 0.05) is 24.5 Å². The second-order valence-electron chi connectivity index (χ2n) is 8.04. The Labute approximate surface area is 192 Å². The molecule has 33 heavy (non-hydrogen) atoms. The van der Waals surface area contributed by atoms with Crippen LogP contribution in [0.25, 0.3) is 5.69 Å². The third-order valence-electron chi connectivity index (χ3n) is 6.04. The lowest BCUT2D eigenvalue weighted by Gasteiger charge is -2.21. The Balaban J connectivity index is 1.35. The van der Waals surface area contributed by atoms with Crippen LogP contribution in [-0.2, 0) is 13.0 Å². The number of fused-ring (bicyclic) bond motifs is 1. The number of hydrogen-bond donors (Lipinski definition) is 1. The van der Waals surface area contributed by atoms with Gasteiger partial charge in [-0.3, -0.25) is 4.79 Å². The van der Waals surface area contributed by atoms with Crippen molar-refractivity contribution in [3.8, 4) is 11.4 Å². The minimum atomic E-state index is -0.276. The molecule has 0 unspecified atom stereocenters. The first-order valence-corrected chi connectivity index (χ1v) is 10.9. The largest absolute Gasteiger partial charge is 0.497 e. The Morgan fingerprint density at radius 1 is 1.03 bits per heavy atom. The fourth-order valence-electron chi connectivity index (χ4n) is 4.25. The zero-order valence-corrected chi connectivity index (χ0v) is 18.7. The van der Waals surface area contributed by atoms with Gasteiger partial charge in [0.25, 0.3) is 5.91 Å². The van der Waals surface area contributed by atoms with Crippen molar-refractivity contribution in [1.29, 1.82) is 0 Å². The van der Waals surface area contributed by atoms with Gasteiger partial charge in [0.05, 0.1) is 18.5 Å². The molecule has 0 aliphatic carbocycles. The summed E-state index contributed by atoms with van der Waals surface area (Å²) in [6, 6.07) is 23.9. The van der Waals surface area contributed by atoms with Crippen molar-refractivity contribution in [2.75, 3.05) is 23.9 Å². The summed E-state index contributed by atoms with van der Waals surface area (Å²) in [7, 11) is 1.62. The number of amides is 1. The molecule has 3 aromatic carbocycles. The normalized spacial score (nSPS) is 12.5. The SMILES string of the molecule is COc1ccc(-n2nnc(C(=O)Nc3ccccc3CN3CCc4ccccc43)c2C)cc1. The van der Waals surface area contributed by atoms with Crippen molar-refractivity contribution in [3.63, 3.8) is 0 Å². The minimum Gasteiger partial charge on any atom is -0.497 e. The van der Waals surface area contributed by atoms with Crippen LogP contribution >= 0.6 is 0 Å². The summed E-state index contributed by atoms with van der Waals surface area (Å²) in [5.74, 6) is 0.480. The molecule has 1 aromatic heterocycles. The molecule has 166 valence electrons. The molecule has 5 rings (SSSR count). The van der Waals surface area contributed by atoms with Crippen LogP contribution in [-0.4, -0.2) is 34.6 Å². The van der Waals surface area contributed by atoms with Crippen LogP contribution < -0.4 is 15.0 Å². The summed E-state index contributed by atoms with van der Waals surface area (Å²) in [6.07, 6.45) is 1.04. The molecule has 4 aromatic rings. The third kappa shape index (κ3) is 4.05. The third-order valence-corrected chi connectivity index (χ3v) is 6.04. The van der Waals surface area contributed by atoms with Gasteiger partial charge in [-0.15, -0.1) is 5.10 Å². The molecule has 0 bridgehead atoms. The van der Waals surface area contributed by atoms with Crippen molar-refractivity contribution in [1.82, 2.24) is 15.0 Å². The Hall–Kier alpha value is -4.13. The average Bonchev–Trinajstić information content (AvgIpc) is 3.44. The minimum absolute atomic E-state index is 0.276. The lowest BCUT2D eigenvalue weighted by Crippen LogP contribution is -2.22. The van der Waals surface area contributed by atoms with E-state index in [2.05, 4.69) is 50.9 Å². The fraction of sp³-hybridized carbons (Fsp3) is 0.192. The van der Waals surface area contributed by atoms with Crippen molar-refractivity contribution in [2.24, 2.45) is 0 Å². The standard InChI is InChI=1S/C26H25N5O2/c1-18-25(28-29-31(18)21-11-13-22(33-2)14-12-21)26(32)27-23-9-5-3-8-20(23)17-30-16-15-19-7-4-6-10-24(19)30/h3-14H,15-17H2,1-2H3,(H,27,32). The molecule has 7 nitrogen and oxygen atoms in total. The van der Waals surface area contributed by atoms with Gasteiger partial charge in [-0.2, -0.15) is 0 Å². The number of nitrogens with one attached hydrogen (secondary N) is 1. The van der Waals surface area contributed by atoms with Crippen LogP contribution in [0.2, 0.25) is 0 Å². The highest BCUT2D eigenvalue weighted by Gasteiger charge is 2.21. The molecule has 0 saturated heterocycles. The summed E-state index contributed by atoms with van der Waals surface area (Å²) in [5.41, 5.74) is 6.25. The zero-order valence-electron chi connectivity index (χ0n) is 18.7. The maximum atomic E-state index is 13.1. The van der Waals surface area contributed by atoms with Crippen molar-refractivity contribution >= 4 is 17.3 Å². The molecular formula is C26H25N5O2. The second-order valence-corrected chi connectivity index (χ2v) is 8.04. The zero-order chi connectivity index (χ0) is 22.8. The number of carbonyl (C=O) groups excluding carboxylic acids is 1. The van der Waals surface area contributed by atoms with Crippen molar-refractivity contribution in [2.45, 2.75) is 19.9 Å². The lowest BCUT2D eigenvalue weighted by molar-refractivity contribution is 0.102. The van der Waals surface area contributed by atoms with E-state index in [1.807, 2.05) is 49.4 Å². The average molecular weight is 440 g/mol. The molecule has 0 saturated carbocycles. The van der Waals surface area contributed by atoms with Crippen LogP contribution in [0.1, 0.15) is 27.3 Å². The molecule has 2 heterocycles. The summed E-state index contributed by atoms with van der Waals surface area (Å²) >= 11 is 0. The highest BCUT2D eigenvalue weighted by molar-refractivity contribution is 6.04. The predicted octanol–water partition coefficient (Wildman–Crippen LogP) is 4.40. The number of anilines is 2. The maximum Gasteiger partial charge on any atom is 0.278 e. The summed E-state index contributed by atoms with van der Waals surface area (Å²) in [5, 5.41) is 11.4. The van der Waals surface area contributed by atoms with Gasteiger partial charge in [0.15, 0.2) is 5.69 Å². The first kappa shape index (κ1) is 20.8. The van der Waals surface area contributed by atoms with Gasteiger partial charge < -0.3 is 15.0 Å². The van der Waals surface area contributed by atoms with Crippen LogP contribution in [0.3, 0.4) is 0 Å². The number of aromatic nitrogens is 3. The first-order valence-electron chi connectivity index (χ1n) is 10.9. The quantitative estimate of drug-likeness (QED) is 0.482. The van der Waals surface area contributed by atoms with Crippen molar-refractivity contribution in [3.05, 3.63) is 95.3 Å². The molecule has 1 aliphatic rings. The maximum absolute atomic E-state index is 13.1. The summed E-state index contributed by atoms with van der Waals surface area (Å²) in [6.45, 7) is 3.54. The lowest BCUT2D eigenvalue weighted by atomic mass is 10.1. The van der Waals surface area contributed by atoms with E-state index in [-0.39, 0.29) is 5.91 Å². The van der Waals surface area contributed by atoms with Crippen LogP contribution in [0.4, 0.5) is 11.4 Å². The van der Waals surface area contributed by atoms with Gasteiger partial charge in [0.2, 0.25) is 0 Å². The monoisotopic (exact) mass is 439 g/mol. The van der Waals surface area contributed by atoms with E-state index in [0.29, 0.717) is 11.4 Å². The van der Waals surface area contributed by atoms with Gasteiger partial charge in [-0.1, -0.05) is 41.6 Å². The number of methoxy groups -OCH3 is 1. The Kier molecular flexibility index (Phi) is 5.52. The molecule has 1 N–H and O–H groups in total. The molecule has 1 aliphatic heterocycles. The summed E-state index contributed by atoms with van der Waals surface area (Å²) < 4.78 is 6.86. The van der Waals surface area contributed by atoms with E-state index in [4.69, 9.17) is 4.74 Å². The molecule has 1 amide bonds. The molecule has 0 radical (unpaired) electrons. The molecule has 0 spiro atoms. The number of benzene rings is 3. The van der Waals surface area contributed by atoms with Crippen LogP contribution in [0.15, 0.2) is 72.8 Å². The van der Waals surface area contributed by atoms with E-state index in [9.17, 15) is 4.79 Å². The summed E-state index contributed by atoms with van der Waals surface area (Å²) in [4.78, 5) is 15.5. The number of nitrogens with zero attached hydrogens (tertiary/aromatic N) is 4. The number of ether oxygens (including phenoxy) is 1.